The van der Waals surface area contributed by atoms with Crippen LogP contribution in [0.15, 0.2) is 91.0 Å². The Balaban J connectivity index is 1.49. The van der Waals surface area contributed by atoms with Crippen molar-refractivity contribution in [3.05, 3.63) is 113 Å². The van der Waals surface area contributed by atoms with Gasteiger partial charge in [-0.1, -0.05) is 78.9 Å². The van der Waals surface area contributed by atoms with Crippen molar-refractivity contribution < 1.29 is 9.53 Å². The van der Waals surface area contributed by atoms with Gasteiger partial charge in [0.1, 0.15) is 5.75 Å². The molecular formula is C27H20O2. The predicted molar refractivity (Wildman–Crippen MR) is 114 cm³/mol. The molecule has 7 rings (SSSR count). The van der Waals surface area contributed by atoms with Crippen molar-refractivity contribution in [1.29, 1.82) is 0 Å². The SMILES string of the molecule is O=C(Oc1ccccc1)C1CC2c3ccccc3C1c1cc3ccccc3cc12. The fraction of sp³-hybridized carbons (Fsp3) is 0.148. The zero-order valence-electron chi connectivity index (χ0n) is 15.9. The molecule has 2 nitrogen and oxygen atoms in total. The molecule has 0 saturated heterocycles. The molecule has 0 aromatic heterocycles. The van der Waals surface area contributed by atoms with Crippen LogP contribution in [0.4, 0.5) is 0 Å². The molecule has 140 valence electrons. The first-order valence-corrected chi connectivity index (χ1v) is 10.2. The molecule has 3 aliphatic carbocycles. The van der Waals surface area contributed by atoms with Crippen LogP contribution >= 0.6 is 0 Å². The van der Waals surface area contributed by atoms with E-state index in [2.05, 4.69) is 60.7 Å². The Kier molecular flexibility index (Phi) is 3.60. The second kappa shape index (κ2) is 6.31. The summed E-state index contributed by atoms with van der Waals surface area (Å²) < 4.78 is 5.79. The second-order valence-electron chi connectivity index (χ2n) is 8.06. The van der Waals surface area contributed by atoms with E-state index in [4.69, 9.17) is 4.74 Å². The van der Waals surface area contributed by atoms with Crippen molar-refractivity contribution in [2.24, 2.45) is 5.92 Å². The monoisotopic (exact) mass is 376 g/mol. The molecule has 4 aromatic rings. The zero-order valence-corrected chi connectivity index (χ0v) is 15.9. The van der Waals surface area contributed by atoms with Crippen LogP contribution in [-0.2, 0) is 4.79 Å². The molecule has 0 aliphatic heterocycles. The lowest BCUT2D eigenvalue weighted by molar-refractivity contribution is -0.140. The van der Waals surface area contributed by atoms with Gasteiger partial charge in [0.25, 0.3) is 0 Å². The molecule has 0 amide bonds. The third kappa shape index (κ3) is 2.52. The van der Waals surface area contributed by atoms with Gasteiger partial charge in [0, 0.05) is 11.8 Å². The summed E-state index contributed by atoms with van der Waals surface area (Å²) >= 11 is 0. The highest BCUT2D eigenvalue weighted by Crippen LogP contribution is 2.56. The molecule has 3 unspecified atom stereocenters. The van der Waals surface area contributed by atoms with Gasteiger partial charge in [-0.15, -0.1) is 0 Å². The molecule has 0 spiro atoms. The number of rotatable bonds is 2. The van der Waals surface area contributed by atoms with Gasteiger partial charge in [-0.3, -0.25) is 4.79 Å². The fourth-order valence-corrected chi connectivity index (χ4v) is 5.28. The number of fused-ring (bicyclic) bond motifs is 2. The Labute approximate surface area is 169 Å². The summed E-state index contributed by atoms with van der Waals surface area (Å²) in [5, 5.41) is 2.49. The maximum atomic E-state index is 13.2. The molecule has 2 heteroatoms. The third-order valence-electron chi connectivity index (χ3n) is 6.52. The number of hydrogen-bond donors (Lipinski definition) is 0. The number of ether oxygens (including phenoxy) is 1. The van der Waals surface area contributed by atoms with Crippen LogP contribution in [0, 0.1) is 5.92 Å². The van der Waals surface area contributed by atoms with E-state index in [9.17, 15) is 4.79 Å². The highest BCUT2D eigenvalue weighted by Gasteiger charge is 2.47. The molecule has 0 N–H and O–H groups in total. The van der Waals surface area contributed by atoms with Crippen molar-refractivity contribution in [2.45, 2.75) is 18.3 Å². The van der Waals surface area contributed by atoms with Crippen LogP contribution in [-0.4, -0.2) is 5.97 Å². The Hall–Kier alpha value is -3.39. The summed E-state index contributed by atoms with van der Waals surface area (Å²) in [5.74, 6) is 0.616. The Bertz CT molecular complexity index is 1240. The summed E-state index contributed by atoms with van der Waals surface area (Å²) in [6.45, 7) is 0. The van der Waals surface area contributed by atoms with E-state index < -0.39 is 0 Å². The first-order valence-electron chi connectivity index (χ1n) is 10.2. The smallest absolute Gasteiger partial charge is 0.315 e. The van der Waals surface area contributed by atoms with Gasteiger partial charge in [-0.2, -0.15) is 0 Å². The highest BCUT2D eigenvalue weighted by atomic mass is 16.5. The van der Waals surface area contributed by atoms with E-state index in [-0.39, 0.29) is 23.7 Å². The van der Waals surface area contributed by atoms with E-state index >= 15 is 0 Å². The number of carbonyl (C=O) groups excluding carboxylic acids is 1. The lowest BCUT2D eigenvalue weighted by Crippen LogP contribution is -2.38. The van der Waals surface area contributed by atoms with Crippen LogP contribution in [0.25, 0.3) is 10.8 Å². The molecule has 3 aliphatic rings. The first kappa shape index (κ1) is 16.6. The molecule has 3 atom stereocenters. The Morgan fingerprint density at radius 2 is 1.31 bits per heavy atom. The fourth-order valence-electron chi connectivity index (χ4n) is 5.28. The van der Waals surface area contributed by atoms with Gasteiger partial charge in [-0.25, -0.2) is 0 Å². The minimum atomic E-state index is -0.163. The molecule has 0 heterocycles. The van der Waals surface area contributed by atoms with Gasteiger partial charge in [0.05, 0.1) is 5.92 Å². The maximum Gasteiger partial charge on any atom is 0.315 e. The number of esters is 1. The summed E-state index contributed by atoms with van der Waals surface area (Å²) in [7, 11) is 0. The molecule has 0 saturated carbocycles. The van der Waals surface area contributed by atoms with Crippen molar-refractivity contribution in [3.63, 3.8) is 0 Å². The summed E-state index contributed by atoms with van der Waals surface area (Å²) in [6.07, 6.45) is 0.804. The summed E-state index contributed by atoms with van der Waals surface area (Å²) in [6, 6.07) is 31.1. The largest absolute Gasteiger partial charge is 0.426 e. The van der Waals surface area contributed by atoms with Crippen molar-refractivity contribution >= 4 is 16.7 Å². The van der Waals surface area contributed by atoms with Crippen molar-refractivity contribution in [1.82, 2.24) is 0 Å². The minimum Gasteiger partial charge on any atom is -0.426 e. The molecule has 29 heavy (non-hydrogen) atoms. The number of para-hydroxylation sites is 1. The van der Waals surface area contributed by atoms with Crippen LogP contribution in [0.2, 0.25) is 0 Å². The third-order valence-corrected chi connectivity index (χ3v) is 6.52. The highest BCUT2D eigenvalue weighted by molar-refractivity contribution is 5.87. The van der Waals surface area contributed by atoms with Crippen molar-refractivity contribution in [3.8, 4) is 5.75 Å². The van der Waals surface area contributed by atoms with Gasteiger partial charge in [0.15, 0.2) is 0 Å². The van der Waals surface area contributed by atoms with Gasteiger partial charge in [-0.05, 0) is 51.6 Å². The normalized spacial score (nSPS) is 21.4. The molecule has 0 fully saturated rings. The minimum absolute atomic E-state index is 0.0482. The quantitative estimate of drug-likeness (QED) is 0.315. The van der Waals surface area contributed by atoms with E-state index in [0.29, 0.717) is 5.75 Å². The average Bonchev–Trinajstić information content (AvgIpc) is 2.78. The van der Waals surface area contributed by atoms with Crippen molar-refractivity contribution in [2.75, 3.05) is 0 Å². The average molecular weight is 376 g/mol. The zero-order chi connectivity index (χ0) is 19.4. The first-order chi connectivity index (χ1) is 14.3. The predicted octanol–water partition coefficient (Wildman–Crippen LogP) is 6.04. The standard InChI is InChI=1S/C27H20O2/c28-27(29-19-10-2-1-3-11-19)25-16-23-20-12-6-7-13-21(20)26(25)24-15-18-9-5-4-8-17(18)14-22(23)24/h1-15,23,25-26H,16H2. The van der Waals surface area contributed by atoms with Crippen LogP contribution in [0.3, 0.4) is 0 Å². The summed E-state index contributed by atoms with van der Waals surface area (Å²) in [5.41, 5.74) is 5.30. The van der Waals surface area contributed by atoms with E-state index in [1.807, 2.05) is 30.3 Å². The van der Waals surface area contributed by atoms with Crippen LogP contribution in [0.1, 0.15) is 40.5 Å². The molecule has 4 aromatic carbocycles. The number of benzene rings is 4. The topological polar surface area (TPSA) is 26.3 Å². The van der Waals surface area contributed by atoms with Gasteiger partial charge in [0.2, 0.25) is 0 Å². The summed E-state index contributed by atoms with van der Waals surface area (Å²) in [4.78, 5) is 13.2. The maximum absolute atomic E-state index is 13.2. The van der Waals surface area contributed by atoms with E-state index in [1.54, 1.807) is 0 Å². The number of carbonyl (C=O) groups is 1. The number of hydrogen-bond acceptors (Lipinski definition) is 2. The van der Waals surface area contributed by atoms with Crippen LogP contribution in [0.5, 0.6) is 5.75 Å². The van der Waals surface area contributed by atoms with E-state index in [0.717, 1.165) is 6.42 Å². The molecule has 2 bridgehead atoms. The van der Waals surface area contributed by atoms with Gasteiger partial charge >= 0.3 is 5.97 Å². The van der Waals surface area contributed by atoms with E-state index in [1.165, 1.54) is 33.0 Å². The van der Waals surface area contributed by atoms with Gasteiger partial charge < -0.3 is 4.74 Å². The Morgan fingerprint density at radius 3 is 2.07 bits per heavy atom. The van der Waals surface area contributed by atoms with Crippen LogP contribution < -0.4 is 4.74 Å². The Morgan fingerprint density at radius 1 is 0.690 bits per heavy atom. The molecule has 0 radical (unpaired) electrons. The lowest BCUT2D eigenvalue weighted by atomic mass is 9.59. The lowest BCUT2D eigenvalue weighted by Gasteiger charge is -2.44. The molecular weight excluding hydrogens is 356 g/mol. The second-order valence-corrected chi connectivity index (χ2v) is 8.06.